The molecule has 0 saturated carbocycles. The average molecular weight is 639 g/mol. The van der Waals surface area contributed by atoms with Gasteiger partial charge in [0.1, 0.15) is 17.2 Å². The van der Waals surface area contributed by atoms with Crippen LogP contribution in [-0.2, 0) is 24.1 Å². The molecule has 0 saturated heterocycles. The zero-order chi connectivity index (χ0) is 33.1. The third-order valence-electron chi connectivity index (χ3n) is 8.03. The number of anilines is 1. The van der Waals surface area contributed by atoms with Crippen LogP contribution < -0.4 is 15.2 Å². The van der Waals surface area contributed by atoms with Crippen molar-refractivity contribution in [3.05, 3.63) is 94.0 Å². The van der Waals surface area contributed by atoms with E-state index in [0.717, 1.165) is 20.8 Å². The average Bonchev–Trinajstić information content (AvgIpc) is 3.58. The van der Waals surface area contributed by atoms with Gasteiger partial charge in [0.15, 0.2) is 0 Å². The molecule has 0 aliphatic rings. The van der Waals surface area contributed by atoms with Gasteiger partial charge < -0.3 is 14.3 Å². The molecule has 6 aromatic rings. The molecule has 3 heterocycles. The number of amides is 1. The zero-order valence-electron chi connectivity index (χ0n) is 25.4. The van der Waals surface area contributed by atoms with Gasteiger partial charge in [-0.15, -0.1) is 0 Å². The van der Waals surface area contributed by atoms with Crippen molar-refractivity contribution in [2.45, 2.75) is 0 Å². The molecule has 0 radical (unpaired) electrons. The van der Waals surface area contributed by atoms with Crippen molar-refractivity contribution in [2.75, 3.05) is 24.7 Å². The Morgan fingerprint density at radius 1 is 1.04 bits per heavy atom. The van der Waals surface area contributed by atoms with Gasteiger partial charge in [-0.05, 0) is 54.6 Å². The number of fused-ring (bicyclic) bond motifs is 2. The maximum atomic E-state index is 13.7. The van der Waals surface area contributed by atoms with E-state index < -0.39 is 27.3 Å². The van der Waals surface area contributed by atoms with Crippen LogP contribution in [0.3, 0.4) is 0 Å². The fourth-order valence-corrected chi connectivity index (χ4v) is 6.08. The predicted octanol–water partition coefficient (Wildman–Crippen LogP) is 4.79. The summed E-state index contributed by atoms with van der Waals surface area (Å²) in [6, 6.07) is 19.3. The van der Waals surface area contributed by atoms with Crippen LogP contribution in [0.25, 0.3) is 55.7 Å². The minimum absolute atomic E-state index is 0.154. The summed E-state index contributed by atoms with van der Waals surface area (Å²) in [4.78, 5) is 26.8. The third-order valence-corrected chi connectivity index (χ3v) is 9.22. The first-order chi connectivity index (χ1) is 21.8. The third kappa shape index (κ3) is 4.89. The number of nitrogens with zero attached hydrogens (tertiary/aromatic N) is 5. The van der Waals surface area contributed by atoms with E-state index in [9.17, 15) is 27.7 Å². The first-order valence-corrected chi connectivity index (χ1v) is 15.8. The number of carbonyl (C=O) groups is 1. The van der Waals surface area contributed by atoms with E-state index in [1.54, 1.807) is 41.9 Å². The largest absolute Gasteiger partial charge is 0.455 e. The van der Waals surface area contributed by atoms with E-state index in [-0.39, 0.29) is 33.9 Å². The second-order valence-electron chi connectivity index (χ2n) is 10.8. The second kappa shape index (κ2) is 11.0. The van der Waals surface area contributed by atoms with Gasteiger partial charge in [0, 0.05) is 61.7 Å². The number of hydrogen-bond acceptors (Lipinski definition) is 7. The van der Waals surface area contributed by atoms with Crippen LogP contribution in [-0.4, -0.2) is 49.0 Å². The summed E-state index contributed by atoms with van der Waals surface area (Å²) in [6.45, 7) is 0. The highest BCUT2D eigenvalue weighted by molar-refractivity contribution is 7.92. The minimum atomic E-state index is -3.81. The summed E-state index contributed by atoms with van der Waals surface area (Å²) >= 11 is 0. The number of aryl methyl sites for hydroxylation is 2. The standard InChI is InChI=1S/C33H27FN6O5S/c1-36-32(41)30-24-13-22(28(40(4)46(5,43)44)16-29(24)45-31(30)18-9-11-20(34)12-10-18)25-14-23(33(42)39(3)37-25)27-15-21-19(17-35)7-6-8-26(21)38(27)2/h6-16H,1-5H3,(H,36,41). The number of sulfonamides is 1. The summed E-state index contributed by atoms with van der Waals surface area (Å²) in [5.74, 6) is -0.782. The lowest BCUT2D eigenvalue weighted by atomic mass is 10.00. The van der Waals surface area contributed by atoms with Crippen LogP contribution in [0.2, 0.25) is 0 Å². The van der Waals surface area contributed by atoms with Gasteiger partial charge in [-0.3, -0.25) is 13.9 Å². The fourth-order valence-electron chi connectivity index (χ4n) is 5.57. The first-order valence-electron chi connectivity index (χ1n) is 13.9. The lowest BCUT2D eigenvalue weighted by Crippen LogP contribution is -2.26. The van der Waals surface area contributed by atoms with E-state index in [1.165, 1.54) is 51.5 Å². The molecule has 13 heteroatoms. The SMILES string of the molecule is CNC(=O)c1c(-c2ccc(F)cc2)oc2cc(N(C)S(C)(=O)=O)c(-c3cc(-c4cc5c(C#N)cccc5n4C)c(=O)n(C)n3)cc12. The molecule has 0 atom stereocenters. The van der Waals surface area contributed by atoms with Crippen molar-refractivity contribution in [3.8, 4) is 39.9 Å². The highest BCUT2D eigenvalue weighted by Crippen LogP contribution is 2.41. The van der Waals surface area contributed by atoms with Crippen molar-refractivity contribution in [2.24, 2.45) is 14.1 Å². The minimum Gasteiger partial charge on any atom is -0.455 e. The van der Waals surface area contributed by atoms with Gasteiger partial charge in [0.05, 0.1) is 46.1 Å². The van der Waals surface area contributed by atoms with E-state index in [0.29, 0.717) is 33.2 Å². The van der Waals surface area contributed by atoms with Crippen LogP contribution in [0.4, 0.5) is 10.1 Å². The Bertz CT molecular complexity index is 2440. The van der Waals surface area contributed by atoms with Crippen LogP contribution >= 0.6 is 0 Å². The molecule has 232 valence electrons. The number of benzene rings is 3. The molecule has 1 amide bonds. The predicted molar refractivity (Wildman–Crippen MR) is 173 cm³/mol. The van der Waals surface area contributed by atoms with Crippen LogP contribution in [0, 0.1) is 17.1 Å². The Hall–Kier alpha value is -5.74. The highest BCUT2D eigenvalue weighted by atomic mass is 32.2. The topological polar surface area (TPSA) is 143 Å². The van der Waals surface area contributed by atoms with E-state index in [2.05, 4.69) is 16.5 Å². The molecule has 3 aromatic carbocycles. The van der Waals surface area contributed by atoms with E-state index >= 15 is 0 Å². The summed E-state index contributed by atoms with van der Waals surface area (Å²) in [6.07, 6.45) is 1.05. The van der Waals surface area contributed by atoms with Crippen molar-refractivity contribution >= 4 is 43.5 Å². The summed E-state index contributed by atoms with van der Waals surface area (Å²) in [5, 5.41) is 17.8. The zero-order valence-corrected chi connectivity index (χ0v) is 26.2. The van der Waals surface area contributed by atoms with Crippen molar-refractivity contribution in [1.29, 1.82) is 5.26 Å². The molecule has 6 rings (SSSR count). The normalized spacial score (nSPS) is 11.6. The summed E-state index contributed by atoms with van der Waals surface area (Å²) in [7, 11) is 2.30. The van der Waals surface area contributed by atoms with Gasteiger partial charge in [-0.25, -0.2) is 17.5 Å². The van der Waals surface area contributed by atoms with Gasteiger partial charge >= 0.3 is 0 Å². The number of rotatable bonds is 6. The van der Waals surface area contributed by atoms with Crippen LogP contribution in [0.1, 0.15) is 15.9 Å². The Labute approximate surface area is 262 Å². The van der Waals surface area contributed by atoms with Crippen LogP contribution in [0.5, 0.6) is 0 Å². The molecule has 11 nitrogen and oxygen atoms in total. The molecule has 0 bridgehead atoms. The van der Waals surface area contributed by atoms with E-state index in [4.69, 9.17) is 4.42 Å². The van der Waals surface area contributed by atoms with Gasteiger partial charge in [-0.1, -0.05) is 6.07 Å². The Morgan fingerprint density at radius 3 is 2.41 bits per heavy atom. The van der Waals surface area contributed by atoms with Crippen molar-refractivity contribution < 1.29 is 22.0 Å². The first kappa shape index (κ1) is 30.3. The smallest absolute Gasteiger partial charge is 0.275 e. The molecule has 0 unspecified atom stereocenters. The molecular formula is C33H27FN6O5S. The molecule has 0 fully saturated rings. The van der Waals surface area contributed by atoms with Crippen molar-refractivity contribution in [1.82, 2.24) is 19.7 Å². The summed E-state index contributed by atoms with van der Waals surface area (Å²) < 4.78 is 49.6. The van der Waals surface area contributed by atoms with Gasteiger partial charge in [-0.2, -0.15) is 10.4 Å². The Morgan fingerprint density at radius 2 is 1.76 bits per heavy atom. The molecule has 0 aliphatic carbocycles. The Balaban J connectivity index is 1.68. The number of hydrogen-bond donors (Lipinski definition) is 1. The molecule has 46 heavy (non-hydrogen) atoms. The number of carbonyl (C=O) groups excluding carboxylic acids is 1. The lowest BCUT2D eigenvalue weighted by molar-refractivity contribution is 0.0964. The molecule has 0 spiro atoms. The number of nitrogens with one attached hydrogen (secondary N) is 1. The molecule has 0 aliphatic heterocycles. The number of halogens is 1. The number of nitriles is 1. The molecule has 3 aromatic heterocycles. The molecular weight excluding hydrogens is 611 g/mol. The Kier molecular flexibility index (Phi) is 7.25. The number of furan rings is 1. The van der Waals surface area contributed by atoms with Gasteiger partial charge in [0.25, 0.3) is 11.5 Å². The second-order valence-corrected chi connectivity index (χ2v) is 12.8. The monoisotopic (exact) mass is 638 g/mol. The van der Waals surface area contributed by atoms with Gasteiger partial charge in [0.2, 0.25) is 10.0 Å². The fraction of sp³-hybridized carbons (Fsp3) is 0.152. The maximum absolute atomic E-state index is 13.7. The highest BCUT2D eigenvalue weighted by Gasteiger charge is 2.27. The van der Waals surface area contributed by atoms with Crippen molar-refractivity contribution in [3.63, 3.8) is 0 Å². The summed E-state index contributed by atoms with van der Waals surface area (Å²) in [5.41, 5.74) is 3.07. The lowest BCUT2D eigenvalue weighted by Gasteiger charge is -2.20. The van der Waals surface area contributed by atoms with E-state index in [1.807, 2.05) is 6.07 Å². The maximum Gasteiger partial charge on any atom is 0.275 e. The molecule has 1 N–H and O–H groups in total. The number of aromatic nitrogens is 3. The quantitative estimate of drug-likeness (QED) is 0.276. The van der Waals surface area contributed by atoms with Crippen LogP contribution in [0.15, 0.2) is 75.9 Å².